The molecule has 1 fully saturated rings. The molecule has 1 heterocycles. The molecule has 0 aromatic heterocycles. The van der Waals surface area contributed by atoms with Crippen molar-refractivity contribution in [1.82, 2.24) is 5.32 Å². The topological polar surface area (TPSA) is 88.0 Å². The van der Waals surface area contributed by atoms with Crippen molar-refractivity contribution in [2.45, 2.75) is 57.6 Å². The van der Waals surface area contributed by atoms with E-state index >= 15 is 0 Å². The highest BCUT2D eigenvalue weighted by Gasteiger charge is 2.38. The summed E-state index contributed by atoms with van der Waals surface area (Å²) < 4.78 is 5.99. The third kappa shape index (κ3) is 4.68. The van der Waals surface area contributed by atoms with Gasteiger partial charge in [-0.05, 0) is 30.5 Å². The number of amides is 2. The largest absolute Gasteiger partial charge is 0.506 e. The van der Waals surface area contributed by atoms with E-state index in [-0.39, 0.29) is 29.3 Å². The van der Waals surface area contributed by atoms with Crippen molar-refractivity contribution in [2.24, 2.45) is 10.9 Å². The number of nitrogens with zero attached hydrogens (tertiary/aromatic N) is 1. The first-order valence-corrected chi connectivity index (χ1v) is 9.88. The van der Waals surface area contributed by atoms with Gasteiger partial charge in [0.25, 0.3) is 0 Å². The van der Waals surface area contributed by atoms with Crippen LogP contribution in [0.2, 0.25) is 5.02 Å². The average Bonchev–Trinajstić information content (AvgIpc) is 2.68. The fraction of sp³-hybridized carbons (Fsp3) is 0.550. The van der Waals surface area contributed by atoms with Crippen LogP contribution in [0.4, 0.5) is 4.79 Å². The Labute approximate surface area is 164 Å². The number of ketones is 1. The summed E-state index contributed by atoms with van der Waals surface area (Å²) in [7, 11) is 0. The molecule has 27 heavy (non-hydrogen) atoms. The normalized spacial score (nSPS) is 23.6. The number of hydrogen-bond donors (Lipinski definition) is 2. The standard InChI is InChI=1S/C20H25ClN2O4/c1-2-16(24)18-15(11-27-13-6-4-3-5-7-13)22-20(26)23-19(18)12-8-9-17(25)14(21)10-12/h8-10,13,18-19,25H,2-7,11H2,1H3,(H,23,26). The SMILES string of the molecule is CCC(=O)C1C(COC2CCCCC2)=NC(=O)NC1c1ccc(O)c(Cl)c1. The van der Waals surface area contributed by atoms with Crippen molar-refractivity contribution in [3.63, 3.8) is 0 Å². The van der Waals surface area contributed by atoms with Crippen LogP contribution in [-0.4, -0.2) is 35.3 Å². The van der Waals surface area contributed by atoms with Crippen molar-refractivity contribution in [1.29, 1.82) is 0 Å². The molecule has 3 rings (SSSR count). The molecule has 0 spiro atoms. The number of aliphatic imine (C=N–C) groups is 1. The second-order valence-corrected chi connectivity index (χ2v) is 7.52. The van der Waals surface area contributed by atoms with Crippen molar-refractivity contribution in [2.75, 3.05) is 6.61 Å². The van der Waals surface area contributed by atoms with E-state index < -0.39 is 18.0 Å². The maximum atomic E-state index is 12.7. The molecule has 6 nitrogen and oxygen atoms in total. The second kappa shape index (κ2) is 8.85. The number of urea groups is 1. The Morgan fingerprint density at radius 3 is 2.74 bits per heavy atom. The molecule has 1 aromatic rings. The van der Waals surface area contributed by atoms with E-state index in [0.717, 1.165) is 25.7 Å². The molecule has 1 aliphatic heterocycles. The Hall–Kier alpha value is -1.92. The lowest BCUT2D eigenvalue weighted by atomic mass is 9.83. The fourth-order valence-electron chi connectivity index (χ4n) is 3.78. The van der Waals surface area contributed by atoms with Crippen LogP contribution in [-0.2, 0) is 9.53 Å². The number of phenolic OH excluding ortho intramolecular Hbond substituents is 1. The molecule has 2 aliphatic rings. The lowest BCUT2D eigenvalue weighted by molar-refractivity contribution is -0.121. The Kier molecular flexibility index (Phi) is 6.50. The van der Waals surface area contributed by atoms with Gasteiger partial charge >= 0.3 is 6.03 Å². The number of hydrogen-bond acceptors (Lipinski definition) is 4. The summed E-state index contributed by atoms with van der Waals surface area (Å²) in [6, 6.07) is 3.62. The molecule has 2 atom stereocenters. The zero-order valence-electron chi connectivity index (χ0n) is 15.4. The zero-order valence-corrected chi connectivity index (χ0v) is 16.2. The summed E-state index contributed by atoms with van der Waals surface area (Å²) >= 11 is 6.03. The van der Waals surface area contributed by atoms with Crippen LogP contribution in [0.5, 0.6) is 5.75 Å². The summed E-state index contributed by atoms with van der Waals surface area (Å²) in [6.45, 7) is 1.97. The van der Waals surface area contributed by atoms with Crippen molar-refractivity contribution in [3.05, 3.63) is 28.8 Å². The third-order valence-electron chi connectivity index (χ3n) is 5.26. The van der Waals surface area contributed by atoms with E-state index in [0.29, 0.717) is 17.7 Å². The maximum Gasteiger partial charge on any atom is 0.341 e. The average molecular weight is 393 g/mol. The van der Waals surface area contributed by atoms with Gasteiger partial charge in [-0.15, -0.1) is 0 Å². The summed E-state index contributed by atoms with van der Waals surface area (Å²) in [6.07, 6.45) is 6.00. The van der Waals surface area contributed by atoms with Gasteiger partial charge in [0.2, 0.25) is 0 Å². The number of carbonyl (C=O) groups excluding carboxylic acids is 2. The maximum absolute atomic E-state index is 12.7. The smallest absolute Gasteiger partial charge is 0.341 e. The minimum Gasteiger partial charge on any atom is -0.506 e. The van der Waals surface area contributed by atoms with E-state index in [4.69, 9.17) is 16.3 Å². The van der Waals surface area contributed by atoms with Crippen LogP contribution in [0.3, 0.4) is 0 Å². The molecule has 1 aliphatic carbocycles. The Morgan fingerprint density at radius 1 is 1.33 bits per heavy atom. The van der Waals surface area contributed by atoms with Gasteiger partial charge in [0.15, 0.2) is 0 Å². The molecule has 1 saturated carbocycles. The van der Waals surface area contributed by atoms with E-state index in [9.17, 15) is 14.7 Å². The van der Waals surface area contributed by atoms with Crippen LogP contribution >= 0.6 is 11.6 Å². The highest BCUT2D eigenvalue weighted by molar-refractivity contribution is 6.32. The van der Waals surface area contributed by atoms with E-state index in [1.807, 2.05) is 0 Å². The van der Waals surface area contributed by atoms with Crippen LogP contribution < -0.4 is 5.32 Å². The number of rotatable bonds is 6. The van der Waals surface area contributed by atoms with Crippen LogP contribution in [0.1, 0.15) is 57.1 Å². The monoisotopic (exact) mass is 392 g/mol. The van der Waals surface area contributed by atoms with Crippen molar-refractivity contribution >= 4 is 29.1 Å². The Balaban J connectivity index is 1.85. The molecule has 2 N–H and O–H groups in total. The van der Waals surface area contributed by atoms with Crippen molar-refractivity contribution < 1.29 is 19.4 Å². The minimum absolute atomic E-state index is 0.0183. The lowest BCUT2D eigenvalue weighted by Gasteiger charge is -2.32. The number of aromatic hydroxyl groups is 1. The van der Waals surface area contributed by atoms with E-state index in [2.05, 4.69) is 10.3 Å². The molecule has 0 bridgehead atoms. The number of benzene rings is 1. The van der Waals surface area contributed by atoms with Gasteiger partial charge < -0.3 is 15.2 Å². The fourth-order valence-corrected chi connectivity index (χ4v) is 3.97. The first kappa shape index (κ1) is 19.8. The molecule has 0 radical (unpaired) electrons. The molecule has 7 heteroatoms. The van der Waals surface area contributed by atoms with Crippen molar-refractivity contribution in [3.8, 4) is 5.75 Å². The highest BCUT2D eigenvalue weighted by atomic mass is 35.5. The highest BCUT2D eigenvalue weighted by Crippen LogP contribution is 2.33. The zero-order chi connectivity index (χ0) is 19.4. The number of phenols is 1. The third-order valence-corrected chi connectivity index (χ3v) is 5.56. The number of Topliss-reactive ketones (excluding diaryl/α,β-unsaturated/α-hetero) is 1. The van der Waals surface area contributed by atoms with Gasteiger partial charge in [-0.2, -0.15) is 4.99 Å². The molecular formula is C20H25ClN2O4. The lowest BCUT2D eigenvalue weighted by Crippen LogP contribution is -2.46. The number of halogens is 1. The summed E-state index contributed by atoms with van der Waals surface area (Å²) in [5.41, 5.74) is 1.12. The summed E-state index contributed by atoms with van der Waals surface area (Å²) in [5, 5.41) is 12.6. The Morgan fingerprint density at radius 2 is 2.07 bits per heavy atom. The molecular weight excluding hydrogens is 368 g/mol. The molecule has 146 valence electrons. The van der Waals surface area contributed by atoms with Gasteiger partial charge in [0.05, 0.1) is 35.4 Å². The molecule has 2 amide bonds. The van der Waals surface area contributed by atoms with Crippen LogP contribution in [0.25, 0.3) is 0 Å². The number of carbonyl (C=O) groups is 2. The quantitative estimate of drug-likeness (QED) is 0.759. The van der Waals surface area contributed by atoms with Crippen LogP contribution in [0.15, 0.2) is 23.2 Å². The van der Waals surface area contributed by atoms with Gasteiger partial charge in [-0.3, -0.25) is 4.79 Å². The summed E-state index contributed by atoms with van der Waals surface area (Å²) in [5.74, 6) is -0.664. The summed E-state index contributed by atoms with van der Waals surface area (Å²) in [4.78, 5) is 28.9. The molecule has 0 saturated heterocycles. The predicted molar refractivity (Wildman–Crippen MR) is 103 cm³/mol. The van der Waals surface area contributed by atoms with Crippen LogP contribution in [0, 0.1) is 5.92 Å². The molecule has 1 aromatic carbocycles. The first-order valence-electron chi connectivity index (χ1n) is 9.50. The van der Waals surface area contributed by atoms with E-state index in [1.54, 1.807) is 19.1 Å². The number of ether oxygens (including phenoxy) is 1. The van der Waals surface area contributed by atoms with Gasteiger partial charge in [-0.25, -0.2) is 4.79 Å². The predicted octanol–water partition coefficient (Wildman–Crippen LogP) is 4.20. The second-order valence-electron chi connectivity index (χ2n) is 7.11. The molecule has 2 unspecified atom stereocenters. The van der Waals surface area contributed by atoms with Gasteiger partial charge in [-0.1, -0.05) is 43.9 Å². The number of nitrogens with one attached hydrogen (secondary N) is 1. The van der Waals surface area contributed by atoms with Gasteiger partial charge in [0, 0.05) is 6.42 Å². The van der Waals surface area contributed by atoms with E-state index in [1.165, 1.54) is 12.5 Å². The Bertz CT molecular complexity index is 743. The minimum atomic E-state index is -0.600. The first-order chi connectivity index (χ1) is 13.0. The van der Waals surface area contributed by atoms with Gasteiger partial charge in [0.1, 0.15) is 11.5 Å².